The van der Waals surface area contributed by atoms with E-state index in [9.17, 15) is 4.79 Å². The fourth-order valence-corrected chi connectivity index (χ4v) is 1.42. The van der Waals surface area contributed by atoms with Crippen molar-refractivity contribution in [3.05, 3.63) is 29.8 Å². The van der Waals surface area contributed by atoms with Crippen LogP contribution in [0.1, 0.15) is 19.4 Å². The number of nitrogens with two attached hydrogens (primary N) is 1. The van der Waals surface area contributed by atoms with Crippen LogP contribution in [-0.4, -0.2) is 37.0 Å². The number of anilines is 1. The Morgan fingerprint density at radius 2 is 2.06 bits per heavy atom. The summed E-state index contributed by atoms with van der Waals surface area (Å²) in [4.78, 5) is 13.9. The molecule has 0 bridgehead atoms. The van der Waals surface area contributed by atoms with E-state index in [2.05, 4.69) is 24.1 Å². The number of likely N-dealkylation sites (N-methyl/N-ethyl adjacent to an activating group) is 1. The second-order valence-electron chi connectivity index (χ2n) is 5.41. The molecular formula is C14H23N3O. The lowest BCUT2D eigenvalue weighted by Gasteiger charge is -2.32. The lowest BCUT2D eigenvalue weighted by molar-refractivity contribution is -0.120. The molecule has 0 aliphatic heterocycles. The van der Waals surface area contributed by atoms with Gasteiger partial charge in [-0.05, 0) is 45.6 Å². The summed E-state index contributed by atoms with van der Waals surface area (Å²) >= 11 is 0. The molecular weight excluding hydrogens is 226 g/mol. The Hall–Kier alpha value is -1.55. The van der Waals surface area contributed by atoms with Crippen LogP contribution in [0.15, 0.2) is 24.3 Å². The minimum atomic E-state index is -0.0502. The number of carbonyl (C=O) groups is 1. The molecule has 0 unspecified atom stereocenters. The van der Waals surface area contributed by atoms with Crippen LogP contribution in [0.4, 0.5) is 5.69 Å². The Morgan fingerprint density at radius 1 is 1.39 bits per heavy atom. The molecule has 18 heavy (non-hydrogen) atoms. The third-order valence-electron chi connectivity index (χ3n) is 3.24. The van der Waals surface area contributed by atoms with Gasteiger partial charge < -0.3 is 16.0 Å². The second-order valence-corrected chi connectivity index (χ2v) is 5.41. The van der Waals surface area contributed by atoms with E-state index in [-0.39, 0.29) is 11.4 Å². The highest BCUT2D eigenvalue weighted by molar-refractivity contribution is 5.78. The third-order valence-corrected chi connectivity index (χ3v) is 3.24. The van der Waals surface area contributed by atoms with Crippen LogP contribution < -0.4 is 11.1 Å². The van der Waals surface area contributed by atoms with Crippen LogP contribution in [0.3, 0.4) is 0 Å². The zero-order valence-electron chi connectivity index (χ0n) is 11.7. The van der Waals surface area contributed by atoms with Gasteiger partial charge in [0.25, 0.3) is 0 Å². The van der Waals surface area contributed by atoms with E-state index < -0.39 is 0 Å². The first-order chi connectivity index (χ1) is 8.31. The van der Waals surface area contributed by atoms with Crippen molar-refractivity contribution in [3.8, 4) is 0 Å². The van der Waals surface area contributed by atoms with Gasteiger partial charge in [-0.2, -0.15) is 0 Å². The van der Waals surface area contributed by atoms with Gasteiger partial charge in [0.2, 0.25) is 5.91 Å². The van der Waals surface area contributed by atoms with Crippen molar-refractivity contribution < 1.29 is 4.79 Å². The summed E-state index contributed by atoms with van der Waals surface area (Å²) in [7, 11) is 4.01. The quantitative estimate of drug-likeness (QED) is 0.773. The number of carbonyl (C=O) groups excluding carboxylic acids is 1. The molecule has 0 radical (unpaired) electrons. The van der Waals surface area contributed by atoms with E-state index in [4.69, 9.17) is 5.73 Å². The number of nitrogens with zero attached hydrogens (tertiary/aromatic N) is 1. The molecule has 3 N–H and O–H groups in total. The monoisotopic (exact) mass is 249 g/mol. The van der Waals surface area contributed by atoms with Crippen LogP contribution in [-0.2, 0) is 11.2 Å². The summed E-state index contributed by atoms with van der Waals surface area (Å²) in [5.41, 5.74) is 7.26. The van der Waals surface area contributed by atoms with Crippen molar-refractivity contribution in [1.82, 2.24) is 10.2 Å². The van der Waals surface area contributed by atoms with Crippen LogP contribution in [0.5, 0.6) is 0 Å². The average Bonchev–Trinajstić information content (AvgIpc) is 2.26. The minimum Gasteiger partial charge on any atom is -0.399 e. The molecule has 1 amide bonds. The molecule has 0 aliphatic carbocycles. The van der Waals surface area contributed by atoms with Gasteiger partial charge in [-0.25, -0.2) is 0 Å². The number of rotatable bonds is 5. The molecule has 0 saturated heterocycles. The molecule has 1 rings (SSSR count). The van der Waals surface area contributed by atoms with E-state index >= 15 is 0 Å². The summed E-state index contributed by atoms with van der Waals surface area (Å²) in [5.74, 6) is 0.0236. The fourth-order valence-electron chi connectivity index (χ4n) is 1.42. The molecule has 0 heterocycles. The van der Waals surface area contributed by atoms with Gasteiger partial charge in [0.15, 0.2) is 0 Å². The van der Waals surface area contributed by atoms with Crippen molar-refractivity contribution in [2.24, 2.45) is 0 Å². The smallest absolute Gasteiger partial charge is 0.224 e. The first-order valence-electron chi connectivity index (χ1n) is 6.10. The van der Waals surface area contributed by atoms with Gasteiger partial charge in [0, 0.05) is 17.8 Å². The molecule has 0 fully saturated rings. The zero-order chi connectivity index (χ0) is 13.8. The largest absolute Gasteiger partial charge is 0.399 e. The summed E-state index contributed by atoms with van der Waals surface area (Å²) in [5, 5.41) is 2.95. The number of hydrogen-bond donors (Lipinski definition) is 2. The van der Waals surface area contributed by atoms with Crippen molar-refractivity contribution in [2.45, 2.75) is 25.8 Å². The highest BCUT2D eigenvalue weighted by Crippen LogP contribution is 2.09. The number of nitrogen functional groups attached to an aromatic ring is 1. The zero-order valence-corrected chi connectivity index (χ0v) is 11.7. The topological polar surface area (TPSA) is 58.4 Å². The van der Waals surface area contributed by atoms with Gasteiger partial charge in [-0.1, -0.05) is 12.1 Å². The molecule has 100 valence electrons. The number of benzene rings is 1. The first-order valence-corrected chi connectivity index (χ1v) is 6.10. The van der Waals surface area contributed by atoms with Crippen molar-refractivity contribution in [3.63, 3.8) is 0 Å². The van der Waals surface area contributed by atoms with E-state index in [1.54, 1.807) is 0 Å². The lowest BCUT2D eigenvalue weighted by atomic mass is 10.0. The van der Waals surface area contributed by atoms with E-state index in [0.29, 0.717) is 18.7 Å². The molecule has 4 heteroatoms. The maximum absolute atomic E-state index is 11.8. The third kappa shape index (κ3) is 4.37. The predicted octanol–water partition coefficient (Wildman–Crippen LogP) is 1.27. The lowest BCUT2D eigenvalue weighted by Crippen LogP contribution is -2.48. The van der Waals surface area contributed by atoms with Crippen LogP contribution >= 0.6 is 0 Å². The van der Waals surface area contributed by atoms with Crippen molar-refractivity contribution >= 4 is 11.6 Å². The predicted molar refractivity (Wildman–Crippen MR) is 75.3 cm³/mol. The maximum atomic E-state index is 11.8. The number of hydrogen-bond acceptors (Lipinski definition) is 3. The molecule has 0 aliphatic rings. The molecule has 0 aromatic heterocycles. The van der Waals surface area contributed by atoms with Crippen LogP contribution in [0.25, 0.3) is 0 Å². The number of nitrogens with one attached hydrogen (secondary N) is 1. The van der Waals surface area contributed by atoms with Crippen LogP contribution in [0, 0.1) is 0 Å². The van der Waals surface area contributed by atoms with Crippen molar-refractivity contribution in [2.75, 3.05) is 26.4 Å². The van der Waals surface area contributed by atoms with Gasteiger partial charge in [0.05, 0.1) is 6.42 Å². The van der Waals surface area contributed by atoms with Gasteiger partial charge in [-0.3, -0.25) is 4.79 Å². The Balaban J connectivity index is 2.48. The molecule has 0 atom stereocenters. The average molecular weight is 249 g/mol. The van der Waals surface area contributed by atoms with Crippen molar-refractivity contribution in [1.29, 1.82) is 0 Å². The molecule has 0 saturated carbocycles. The van der Waals surface area contributed by atoms with Crippen LogP contribution in [0.2, 0.25) is 0 Å². The Kier molecular flexibility index (Phi) is 4.73. The van der Waals surface area contributed by atoms with Gasteiger partial charge in [-0.15, -0.1) is 0 Å². The number of amides is 1. The fraction of sp³-hybridized carbons (Fsp3) is 0.500. The molecule has 4 nitrogen and oxygen atoms in total. The molecule has 0 spiro atoms. The summed E-state index contributed by atoms with van der Waals surface area (Å²) in [6, 6.07) is 7.42. The SMILES string of the molecule is CN(C)C(C)(C)CNC(=O)Cc1cccc(N)c1. The Morgan fingerprint density at radius 3 is 2.61 bits per heavy atom. The van der Waals surface area contributed by atoms with E-state index in [0.717, 1.165) is 5.56 Å². The second kappa shape index (κ2) is 5.87. The van der Waals surface area contributed by atoms with E-state index in [1.807, 2.05) is 38.4 Å². The van der Waals surface area contributed by atoms with Gasteiger partial charge >= 0.3 is 0 Å². The summed E-state index contributed by atoms with van der Waals surface area (Å²) in [6.07, 6.45) is 0.370. The minimum absolute atomic E-state index is 0.0236. The standard InChI is InChI=1S/C14H23N3O/c1-14(2,17(3)4)10-16-13(18)9-11-6-5-7-12(15)8-11/h5-8H,9-10,15H2,1-4H3,(H,16,18). The normalized spacial score (nSPS) is 11.6. The highest BCUT2D eigenvalue weighted by Gasteiger charge is 2.20. The van der Waals surface area contributed by atoms with E-state index in [1.165, 1.54) is 0 Å². The highest BCUT2D eigenvalue weighted by atomic mass is 16.1. The first kappa shape index (κ1) is 14.5. The molecule has 1 aromatic rings. The summed E-state index contributed by atoms with van der Waals surface area (Å²) < 4.78 is 0. The Bertz CT molecular complexity index is 413. The maximum Gasteiger partial charge on any atom is 0.224 e. The molecule has 1 aromatic carbocycles. The Labute approximate surface area is 109 Å². The summed E-state index contributed by atoms with van der Waals surface area (Å²) in [6.45, 7) is 4.81. The van der Waals surface area contributed by atoms with Gasteiger partial charge in [0.1, 0.15) is 0 Å².